The first kappa shape index (κ1) is 18.1. The molecule has 0 saturated heterocycles. The van der Waals surface area contributed by atoms with Gasteiger partial charge in [0.2, 0.25) is 0 Å². The SMILES string of the molecule is [Pt+2].[c-]1c(Cc2[c-]c(-c3ccncn3)ccc2)cccc1-c1ccncn1. The summed E-state index contributed by atoms with van der Waals surface area (Å²) in [6.07, 6.45) is 7.32. The van der Waals surface area contributed by atoms with Gasteiger partial charge in [-0.3, -0.25) is 9.97 Å². The van der Waals surface area contributed by atoms with Crippen molar-refractivity contribution in [3.8, 4) is 22.5 Å². The normalized spacial score (nSPS) is 10.2. The average molecular weight is 517 g/mol. The molecule has 0 fully saturated rings. The quantitative estimate of drug-likeness (QED) is 0.387. The topological polar surface area (TPSA) is 51.6 Å². The summed E-state index contributed by atoms with van der Waals surface area (Å²) in [6, 6.07) is 22.8. The van der Waals surface area contributed by atoms with E-state index in [1.807, 2.05) is 36.4 Å². The van der Waals surface area contributed by atoms with E-state index in [0.29, 0.717) is 0 Å². The zero-order valence-electron chi connectivity index (χ0n) is 13.7. The predicted octanol–water partition coefficient (Wildman–Crippen LogP) is 3.79. The average Bonchev–Trinajstić information content (AvgIpc) is 2.70. The number of hydrogen-bond donors (Lipinski definition) is 0. The van der Waals surface area contributed by atoms with E-state index in [-0.39, 0.29) is 21.1 Å². The van der Waals surface area contributed by atoms with Crippen molar-refractivity contribution in [3.05, 3.63) is 96.8 Å². The fourth-order valence-corrected chi connectivity index (χ4v) is 2.64. The Bertz CT molecular complexity index is 894. The van der Waals surface area contributed by atoms with Crippen molar-refractivity contribution in [1.29, 1.82) is 0 Å². The molecule has 0 amide bonds. The van der Waals surface area contributed by atoms with E-state index in [9.17, 15) is 0 Å². The molecule has 0 unspecified atom stereocenters. The summed E-state index contributed by atoms with van der Waals surface area (Å²) in [5, 5.41) is 0. The Balaban J connectivity index is 0.00000196. The standard InChI is InChI=1S/C21H14N4.Pt/c1-3-16(12-18(5-1)20-7-9-22-14-24-20)11-17-4-2-6-19(13-17)21-8-10-23-15-25-21;/h1-10,14-15H,11H2;/q-2;+2. The fraction of sp³-hybridized carbons (Fsp3) is 0.0476. The maximum Gasteiger partial charge on any atom is 2.00 e. The van der Waals surface area contributed by atoms with Gasteiger partial charge in [0.25, 0.3) is 0 Å². The summed E-state index contributed by atoms with van der Waals surface area (Å²) in [4.78, 5) is 16.5. The van der Waals surface area contributed by atoms with Gasteiger partial charge in [0.15, 0.2) is 0 Å². The Morgan fingerprint density at radius 2 is 1.15 bits per heavy atom. The van der Waals surface area contributed by atoms with Crippen LogP contribution in [0.15, 0.2) is 73.6 Å². The van der Waals surface area contributed by atoms with Crippen LogP contribution in [0.5, 0.6) is 0 Å². The van der Waals surface area contributed by atoms with Crippen molar-refractivity contribution in [1.82, 2.24) is 19.9 Å². The molecule has 4 aromatic rings. The first-order valence-corrected chi connectivity index (χ1v) is 7.94. The molecule has 0 atom stereocenters. The van der Waals surface area contributed by atoms with Gasteiger partial charge in [0.1, 0.15) is 12.7 Å². The van der Waals surface area contributed by atoms with E-state index in [0.717, 1.165) is 40.1 Å². The van der Waals surface area contributed by atoms with E-state index < -0.39 is 0 Å². The molecule has 2 aromatic heterocycles. The van der Waals surface area contributed by atoms with Crippen molar-refractivity contribution < 1.29 is 21.1 Å². The summed E-state index contributed by atoms with van der Waals surface area (Å²) < 4.78 is 0. The molecule has 0 radical (unpaired) electrons. The molecule has 0 aliphatic carbocycles. The van der Waals surface area contributed by atoms with Crippen LogP contribution in [-0.4, -0.2) is 19.9 Å². The Kier molecular flexibility index (Phi) is 5.98. The molecule has 0 spiro atoms. The summed E-state index contributed by atoms with van der Waals surface area (Å²) in [5.74, 6) is 0. The van der Waals surface area contributed by atoms with Gasteiger partial charge in [0.05, 0.1) is 0 Å². The molecule has 4 rings (SSSR count). The Labute approximate surface area is 166 Å². The second-order valence-corrected chi connectivity index (χ2v) is 5.55. The molecule has 0 N–H and O–H groups in total. The molecule has 0 aliphatic rings. The number of aromatic nitrogens is 4. The van der Waals surface area contributed by atoms with E-state index >= 15 is 0 Å². The zero-order valence-corrected chi connectivity index (χ0v) is 16.0. The molecule has 2 aromatic carbocycles. The molecule has 0 aliphatic heterocycles. The van der Waals surface area contributed by atoms with Crippen molar-refractivity contribution in [2.24, 2.45) is 0 Å². The number of rotatable bonds is 4. The summed E-state index contributed by atoms with van der Waals surface area (Å²) in [7, 11) is 0. The third-order valence-electron chi connectivity index (χ3n) is 3.81. The maximum atomic E-state index is 4.29. The van der Waals surface area contributed by atoms with Crippen LogP contribution in [0.2, 0.25) is 0 Å². The van der Waals surface area contributed by atoms with Crippen molar-refractivity contribution in [3.63, 3.8) is 0 Å². The van der Waals surface area contributed by atoms with Crippen LogP contribution in [0.1, 0.15) is 11.1 Å². The predicted molar refractivity (Wildman–Crippen MR) is 95.4 cm³/mol. The molecule has 2 heterocycles. The Morgan fingerprint density at radius 3 is 1.58 bits per heavy atom. The molecular formula is C21H14N4Pt. The summed E-state index contributed by atoms with van der Waals surface area (Å²) >= 11 is 0. The van der Waals surface area contributed by atoms with Gasteiger partial charge in [0, 0.05) is 12.4 Å². The van der Waals surface area contributed by atoms with Gasteiger partial charge in [-0.05, 0) is 17.8 Å². The van der Waals surface area contributed by atoms with Gasteiger partial charge >= 0.3 is 21.1 Å². The van der Waals surface area contributed by atoms with Crippen LogP contribution >= 0.6 is 0 Å². The van der Waals surface area contributed by atoms with Crippen LogP contribution in [-0.2, 0) is 27.5 Å². The van der Waals surface area contributed by atoms with Crippen molar-refractivity contribution in [2.75, 3.05) is 0 Å². The molecule has 0 bridgehead atoms. The van der Waals surface area contributed by atoms with E-state index in [4.69, 9.17) is 0 Å². The first-order valence-electron chi connectivity index (χ1n) is 7.94. The fourth-order valence-electron chi connectivity index (χ4n) is 2.64. The Hall–Kier alpha value is -2.71. The largest absolute Gasteiger partial charge is 2.00 e. The zero-order chi connectivity index (χ0) is 16.9. The molecule has 26 heavy (non-hydrogen) atoms. The van der Waals surface area contributed by atoms with Crippen molar-refractivity contribution >= 4 is 0 Å². The number of nitrogens with zero attached hydrogens (tertiary/aromatic N) is 4. The monoisotopic (exact) mass is 517 g/mol. The number of benzene rings is 2. The van der Waals surface area contributed by atoms with Gasteiger partial charge in [-0.2, -0.15) is 0 Å². The minimum atomic E-state index is 0. The summed E-state index contributed by atoms with van der Waals surface area (Å²) in [6.45, 7) is 0. The summed E-state index contributed by atoms with van der Waals surface area (Å²) in [5.41, 5.74) is 5.85. The molecule has 5 heteroatoms. The minimum Gasteiger partial charge on any atom is -0.286 e. The van der Waals surface area contributed by atoms with Gasteiger partial charge < -0.3 is 0 Å². The van der Waals surface area contributed by atoms with Gasteiger partial charge in [-0.15, -0.1) is 70.8 Å². The molecular weight excluding hydrogens is 503 g/mol. The molecule has 128 valence electrons. The van der Waals surface area contributed by atoms with Gasteiger partial charge in [-0.25, -0.2) is 9.97 Å². The minimum absolute atomic E-state index is 0. The molecule has 0 saturated carbocycles. The van der Waals surface area contributed by atoms with E-state index in [2.05, 4.69) is 44.2 Å². The van der Waals surface area contributed by atoms with Crippen LogP contribution in [0.4, 0.5) is 0 Å². The van der Waals surface area contributed by atoms with E-state index in [1.165, 1.54) is 0 Å². The third-order valence-corrected chi connectivity index (χ3v) is 3.81. The van der Waals surface area contributed by atoms with Crippen LogP contribution < -0.4 is 0 Å². The van der Waals surface area contributed by atoms with Gasteiger partial charge in [-0.1, -0.05) is 12.1 Å². The third kappa shape index (κ3) is 4.27. The smallest absolute Gasteiger partial charge is 0.286 e. The maximum absolute atomic E-state index is 4.29. The first-order chi connectivity index (χ1) is 12.4. The van der Waals surface area contributed by atoms with Crippen LogP contribution in [0, 0.1) is 12.1 Å². The van der Waals surface area contributed by atoms with Crippen LogP contribution in [0.3, 0.4) is 0 Å². The number of hydrogen-bond acceptors (Lipinski definition) is 4. The van der Waals surface area contributed by atoms with Crippen LogP contribution in [0.25, 0.3) is 22.5 Å². The second-order valence-electron chi connectivity index (χ2n) is 5.55. The second kappa shape index (κ2) is 8.59. The van der Waals surface area contributed by atoms with E-state index in [1.54, 1.807) is 25.0 Å². The Morgan fingerprint density at radius 1 is 0.654 bits per heavy atom. The van der Waals surface area contributed by atoms with Crippen molar-refractivity contribution in [2.45, 2.75) is 6.42 Å². The molecule has 4 nitrogen and oxygen atoms in total.